The number of hydrogen-bond donors (Lipinski definition) is 5. The Morgan fingerprint density at radius 3 is 2.41 bits per heavy atom. The minimum absolute atomic E-state index is 0.0893. The van der Waals surface area contributed by atoms with Crippen LogP contribution in [0.2, 0.25) is 0 Å². The van der Waals surface area contributed by atoms with Gasteiger partial charge in [-0.05, 0) is 55.0 Å². The fourth-order valence-corrected chi connectivity index (χ4v) is 4.09. The van der Waals surface area contributed by atoms with Crippen LogP contribution in [0.25, 0.3) is 10.9 Å². The Kier molecular flexibility index (Phi) is 5.99. The molecule has 5 N–H and O–H groups in total. The van der Waals surface area contributed by atoms with Gasteiger partial charge in [0.25, 0.3) is 5.91 Å². The van der Waals surface area contributed by atoms with Crippen LogP contribution in [-0.4, -0.2) is 22.1 Å². The van der Waals surface area contributed by atoms with E-state index in [1.54, 1.807) is 18.2 Å². The second kappa shape index (κ2) is 9.30. The first-order chi connectivity index (χ1) is 17.7. The third-order valence-corrected chi connectivity index (χ3v) is 5.74. The molecule has 4 aromatic rings. The van der Waals surface area contributed by atoms with E-state index in [2.05, 4.69) is 31.5 Å². The highest BCUT2D eigenvalue weighted by Crippen LogP contribution is 2.31. The van der Waals surface area contributed by atoms with Gasteiger partial charge >= 0.3 is 6.03 Å². The number of fused-ring (bicyclic) bond motifs is 1. The number of H-pyrrole nitrogens is 1. The van der Waals surface area contributed by atoms with Crippen molar-refractivity contribution in [3.63, 3.8) is 0 Å². The Morgan fingerprint density at radius 2 is 1.68 bits per heavy atom. The molecular weight excluding hydrogens is 492 g/mol. The lowest BCUT2D eigenvalue weighted by Gasteiger charge is -2.28. The molecule has 2 heterocycles. The SMILES string of the molecule is CC1=C(C(=O)Nc2ccc3[nH]nc(Nc4cc(F)cc(F)c4)c3c2)C(c2ccc(F)c(F)c2)NC(=O)N1. The van der Waals surface area contributed by atoms with Crippen molar-refractivity contribution in [2.24, 2.45) is 0 Å². The summed E-state index contributed by atoms with van der Waals surface area (Å²) in [4.78, 5) is 25.4. The maximum absolute atomic E-state index is 13.9. The second-order valence-corrected chi connectivity index (χ2v) is 8.31. The Balaban J connectivity index is 1.44. The average molecular weight is 510 g/mol. The van der Waals surface area contributed by atoms with Gasteiger partial charge in [-0.2, -0.15) is 5.10 Å². The Hall–Kier alpha value is -4.87. The molecule has 1 atom stereocenters. The summed E-state index contributed by atoms with van der Waals surface area (Å²) >= 11 is 0. The van der Waals surface area contributed by atoms with E-state index < -0.39 is 41.2 Å². The number of nitrogens with one attached hydrogen (secondary N) is 5. The molecule has 0 bridgehead atoms. The van der Waals surface area contributed by atoms with Crippen LogP contribution >= 0.6 is 0 Å². The highest BCUT2D eigenvalue weighted by molar-refractivity contribution is 6.08. The predicted octanol–water partition coefficient (Wildman–Crippen LogP) is 5.13. The first-order valence-corrected chi connectivity index (χ1v) is 10.9. The van der Waals surface area contributed by atoms with Gasteiger partial charge in [0.1, 0.15) is 11.6 Å². The molecule has 3 aromatic carbocycles. The third kappa shape index (κ3) is 4.81. The van der Waals surface area contributed by atoms with Crippen molar-refractivity contribution in [3.8, 4) is 0 Å². The Bertz CT molecular complexity index is 1580. The summed E-state index contributed by atoms with van der Waals surface area (Å²) in [6, 6.07) is 9.24. The summed E-state index contributed by atoms with van der Waals surface area (Å²) in [6.07, 6.45) is 0. The van der Waals surface area contributed by atoms with Gasteiger partial charge in [0, 0.05) is 28.5 Å². The molecule has 37 heavy (non-hydrogen) atoms. The molecule has 12 heteroatoms. The van der Waals surface area contributed by atoms with Crippen LogP contribution < -0.4 is 21.3 Å². The van der Waals surface area contributed by atoms with Crippen molar-refractivity contribution in [1.82, 2.24) is 20.8 Å². The van der Waals surface area contributed by atoms with Gasteiger partial charge in [-0.25, -0.2) is 22.4 Å². The molecule has 5 rings (SSSR count). The van der Waals surface area contributed by atoms with Crippen LogP contribution in [0.3, 0.4) is 0 Å². The van der Waals surface area contributed by atoms with Crippen LogP contribution in [0.15, 0.2) is 65.9 Å². The van der Waals surface area contributed by atoms with Crippen LogP contribution in [-0.2, 0) is 4.79 Å². The molecule has 0 saturated carbocycles. The normalized spacial score (nSPS) is 15.4. The molecule has 3 amide bonds. The molecule has 1 aromatic heterocycles. The van der Waals surface area contributed by atoms with Gasteiger partial charge in [-0.15, -0.1) is 0 Å². The van der Waals surface area contributed by atoms with E-state index in [9.17, 15) is 27.2 Å². The zero-order chi connectivity index (χ0) is 26.3. The van der Waals surface area contributed by atoms with Gasteiger partial charge in [0.15, 0.2) is 17.5 Å². The quantitative estimate of drug-likeness (QED) is 0.240. The van der Waals surface area contributed by atoms with Crippen molar-refractivity contribution in [2.75, 3.05) is 10.6 Å². The van der Waals surface area contributed by atoms with Gasteiger partial charge in [0.2, 0.25) is 0 Å². The molecule has 1 aliphatic heterocycles. The van der Waals surface area contributed by atoms with Crippen molar-refractivity contribution in [1.29, 1.82) is 0 Å². The number of carbonyl (C=O) groups is 2. The topological polar surface area (TPSA) is 111 Å². The fraction of sp³-hybridized carbons (Fsp3) is 0.0800. The minimum Gasteiger partial charge on any atom is -0.338 e. The Morgan fingerprint density at radius 1 is 0.919 bits per heavy atom. The lowest BCUT2D eigenvalue weighted by molar-refractivity contribution is -0.113. The summed E-state index contributed by atoms with van der Waals surface area (Å²) in [7, 11) is 0. The molecule has 0 fully saturated rings. The number of urea groups is 1. The molecule has 0 spiro atoms. The minimum atomic E-state index is -1.12. The second-order valence-electron chi connectivity index (χ2n) is 8.31. The van der Waals surface area contributed by atoms with Crippen LogP contribution in [0.5, 0.6) is 0 Å². The number of rotatable bonds is 5. The summed E-state index contributed by atoms with van der Waals surface area (Å²) in [5.41, 5.74) is 1.56. The zero-order valence-electron chi connectivity index (χ0n) is 19.0. The molecule has 1 aliphatic rings. The third-order valence-electron chi connectivity index (χ3n) is 5.74. The largest absolute Gasteiger partial charge is 0.338 e. The number of aromatic amines is 1. The molecular formula is C25H18F4N6O2. The fourth-order valence-electron chi connectivity index (χ4n) is 4.09. The molecule has 0 saturated heterocycles. The van der Waals surface area contributed by atoms with Gasteiger partial charge < -0.3 is 21.3 Å². The van der Waals surface area contributed by atoms with Crippen LogP contribution in [0.1, 0.15) is 18.5 Å². The van der Waals surface area contributed by atoms with Crippen molar-refractivity contribution < 1.29 is 27.2 Å². The number of halogens is 4. The average Bonchev–Trinajstić information content (AvgIpc) is 3.21. The molecule has 8 nitrogen and oxygen atoms in total. The van der Waals surface area contributed by atoms with Gasteiger partial charge in [-0.1, -0.05) is 6.07 Å². The van der Waals surface area contributed by atoms with Crippen LogP contribution in [0.4, 0.5) is 39.5 Å². The molecule has 188 valence electrons. The van der Waals surface area contributed by atoms with Gasteiger partial charge in [0.05, 0.1) is 17.1 Å². The van der Waals surface area contributed by atoms with E-state index in [1.165, 1.54) is 13.0 Å². The van der Waals surface area contributed by atoms with Crippen molar-refractivity contribution >= 4 is 40.0 Å². The van der Waals surface area contributed by atoms with Gasteiger partial charge in [-0.3, -0.25) is 9.89 Å². The number of carbonyl (C=O) groups excluding carboxylic acids is 2. The summed E-state index contributed by atoms with van der Waals surface area (Å²) in [5.74, 6) is -4.05. The highest BCUT2D eigenvalue weighted by Gasteiger charge is 2.31. The van der Waals surface area contributed by atoms with E-state index >= 15 is 0 Å². The maximum Gasteiger partial charge on any atom is 0.319 e. The standard InChI is InChI=1S/C25H18F4N6O2/c1-11-21(22(33-25(37)30-11)12-2-4-18(28)19(29)6-12)24(36)32-15-3-5-20-17(10-15)23(35-34-20)31-16-8-13(26)7-14(27)9-16/h2-10,22H,1H3,(H,32,36)(H2,30,33,37)(H2,31,34,35). The van der Waals surface area contributed by atoms with Crippen molar-refractivity contribution in [3.05, 3.63) is 94.7 Å². The summed E-state index contributed by atoms with van der Waals surface area (Å²) in [5, 5.41) is 18.0. The molecule has 1 unspecified atom stereocenters. The van der Waals surface area contributed by atoms with E-state index in [4.69, 9.17) is 0 Å². The predicted molar refractivity (Wildman–Crippen MR) is 128 cm³/mol. The highest BCUT2D eigenvalue weighted by atomic mass is 19.2. The summed E-state index contributed by atoms with van der Waals surface area (Å²) in [6.45, 7) is 1.51. The van der Waals surface area contributed by atoms with Crippen LogP contribution in [0, 0.1) is 23.3 Å². The number of aromatic nitrogens is 2. The number of amides is 3. The monoisotopic (exact) mass is 510 g/mol. The van der Waals surface area contributed by atoms with E-state index in [0.717, 1.165) is 30.3 Å². The number of benzene rings is 3. The number of hydrogen-bond acceptors (Lipinski definition) is 4. The van der Waals surface area contributed by atoms with E-state index in [-0.39, 0.29) is 28.3 Å². The number of nitrogens with zero attached hydrogens (tertiary/aromatic N) is 1. The van der Waals surface area contributed by atoms with E-state index in [1.807, 2.05) is 0 Å². The lowest BCUT2D eigenvalue weighted by Crippen LogP contribution is -2.46. The zero-order valence-corrected chi connectivity index (χ0v) is 19.0. The van der Waals surface area contributed by atoms with Crippen molar-refractivity contribution in [2.45, 2.75) is 13.0 Å². The number of anilines is 3. The first kappa shape index (κ1) is 23.9. The maximum atomic E-state index is 13.9. The van der Waals surface area contributed by atoms with E-state index in [0.29, 0.717) is 16.6 Å². The molecule has 0 radical (unpaired) electrons. The molecule has 0 aliphatic carbocycles. The number of allylic oxidation sites excluding steroid dienone is 1. The lowest BCUT2D eigenvalue weighted by atomic mass is 9.94. The Labute approximate surface area is 206 Å². The smallest absolute Gasteiger partial charge is 0.319 e. The first-order valence-electron chi connectivity index (χ1n) is 10.9. The summed E-state index contributed by atoms with van der Waals surface area (Å²) < 4.78 is 54.5.